The quantitative estimate of drug-likeness (QED) is 0.912. The van der Waals surface area contributed by atoms with Crippen LogP contribution in [0.5, 0.6) is 11.6 Å². The lowest BCUT2D eigenvalue weighted by Gasteiger charge is -2.15. The van der Waals surface area contributed by atoms with Crippen LogP contribution in [0.2, 0.25) is 5.02 Å². The molecular formula is C14H10ClF2NO3. The third-order valence-electron chi connectivity index (χ3n) is 2.58. The minimum Gasteiger partial charge on any atom is -0.477 e. The molecule has 0 atom stereocenters. The maximum Gasteiger partial charge on any atom is 0.354 e. The number of carbonyl (C=O) groups is 1. The number of nitrogens with zero attached hydrogens (tertiary/aromatic N) is 1. The second-order valence-electron chi connectivity index (χ2n) is 4.30. The van der Waals surface area contributed by atoms with Gasteiger partial charge in [0.05, 0.1) is 5.56 Å². The van der Waals surface area contributed by atoms with E-state index < -0.39 is 23.3 Å². The molecule has 0 aliphatic carbocycles. The van der Waals surface area contributed by atoms with Gasteiger partial charge in [0.15, 0.2) is 5.69 Å². The third kappa shape index (κ3) is 3.66. The number of hydrogen-bond acceptors (Lipinski definition) is 3. The Balaban J connectivity index is 2.45. The Morgan fingerprint density at radius 1 is 1.24 bits per heavy atom. The Hall–Kier alpha value is -2.21. The molecule has 1 N–H and O–H groups in total. The van der Waals surface area contributed by atoms with Gasteiger partial charge >= 0.3 is 5.97 Å². The van der Waals surface area contributed by atoms with Crippen molar-refractivity contribution in [1.29, 1.82) is 0 Å². The predicted molar refractivity (Wildman–Crippen MR) is 72.3 cm³/mol. The Kier molecular flexibility index (Phi) is 4.09. The predicted octanol–water partition coefficient (Wildman–Crippen LogP) is 4.34. The standard InChI is InChI=1S/C14H10ClF2NO3/c1-14(16,17)10-6-7-11(13(19)20)18-12(10)21-9-4-2-8(15)3-5-9/h2-7H,1H3,(H,19,20). The van der Waals surface area contributed by atoms with E-state index in [4.69, 9.17) is 21.4 Å². The first-order valence-corrected chi connectivity index (χ1v) is 6.21. The number of rotatable bonds is 4. The van der Waals surface area contributed by atoms with E-state index in [1.54, 1.807) is 0 Å². The van der Waals surface area contributed by atoms with Crippen molar-refractivity contribution in [1.82, 2.24) is 4.98 Å². The molecule has 0 fully saturated rings. The molecule has 1 heterocycles. The average molecular weight is 314 g/mol. The van der Waals surface area contributed by atoms with Crippen LogP contribution in [0.1, 0.15) is 23.0 Å². The number of carboxylic acids is 1. The maximum atomic E-state index is 13.5. The maximum absolute atomic E-state index is 13.5. The van der Waals surface area contributed by atoms with Crippen LogP contribution in [0.25, 0.3) is 0 Å². The van der Waals surface area contributed by atoms with Crippen molar-refractivity contribution in [3.63, 3.8) is 0 Å². The molecule has 0 unspecified atom stereocenters. The number of alkyl halides is 2. The number of aromatic carboxylic acids is 1. The van der Waals surface area contributed by atoms with Gasteiger partial charge < -0.3 is 9.84 Å². The van der Waals surface area contributed by atoms with Crippen LogP contribution in [-0.4, -0.2) is 16.1 Å². The zero-order valence-corrected chi connectivity index (χ0v) is 11.6. The molecule has 7 heteroatoms. The van der Waals surface area contributed by atoms with Gasteiger partial charge in [-0.25, -0.2) is 18.6 Å². The number of carboxylic acid groups (broad SMARTS) is 1. The molecular weight excluding hydrogens is 304 g/mol. The summed E-state index contributed by atoms with van der Waals surface area (Å²) in [6.45, 7) is 0.680. The SMILES string of the molecule is CC(F)(F)c1ccc(C(=O)O)nc1Oc1ccc(Cl)cc1. The summed E-state index contributed by atoms with van der Waals surface area (Å²) in [6.07, 6.45) is 0. The van der Waals surface area contributed by atoms with Crippen LogP contribution in [0.4, 0.5) is 8.78 Å². The number of hydrogen-bond donors (Lipinski definition) is 1. The van der Waals surface area contributed by atoms with Crippen LogP contribution in [0, 0.1) is 0 Å². The molecule has 0 aliphatic heterocycles. The van der Waals surface area contributed by atoms with Crippen molar-refractivity contribution in [3.05, 3.63) is 52.7 Å². The first-order valence-electron chi connectivity index (χ1n) is 5.83. The van der Waals surface area contributed by atoms with Crippen LogP contribution in [0.15, 0.2) is 36.4 Å². The largest absolute Gasteiger partial charge is 0.477 e. The highest BCUT2D eigenvalue weighted by Gasteiger charge is 2.30. The number of benzene rings is 1. The summed E-state index contributed by atoms with van der Waals surface area (Å²) in [5.41, 5.74) is -0.880. The Bertz CT molecular complexity index is 669. The fourth-order valence-electron chi connectivity index (χ4n) is 1.59. The lowest BCUT2D eigenvalue weighted by molar-refractivity contribution is 0.0148. The number of aromatic nitrogens is 1. The van der Waals surface area contributed by atoms with Crippen LogP contribution < -0.4 is 4.74 Å². The summed E-state index contributed by atoms with van der Waals surface area (Å²) >= 11 is 5.72. The van der Waals surface area contributed by atoms with E-state index >= 15 is 0 Å². The van der Waals surface area contributed by atoms with E-state index in [0.29, 0.717) is 11.9 Å². The van der Waals surface area contributed by atoms with Crippen molar-refractivity contribution < 1.29 is 23.4 Å². The minimum absolute atomic E-state index is 0.222. The van der Waals surface area contributed by atoms with Gasteiger partial charge in [0.25, 0.3) is 5.92 Å². The van der Waals surface area contributed by atoms with Crippen molar-refractivity contribution in [3.8, 4) is 11.6 Å². The van der Waals surface area contributed by atoms with Crippen LogP contribution in [-0.2, 0) is 5.92 Å². The zero-order valence-electron chi connectivity index (χ0n) is 10.8. The van der Waals surface area contributed by atoms with E-state index in [1.165, 1.54) is 24.3 Å². The summed E-state index contributed by atoms with van der Waals surface area (Å²) in [7, 11) is 0. The average Bonchev–Trinajstić information content (AvgIpc) is 2.40. The smallest absolute Gasteiger partial charge is 0.354 e. The summed E-state index contributed by atoms with van der Waals surface area (Å²) < 4.78 is 32.3. The molecule has 1 aromatic heterocycles. The van der Waals surface area contributed by atoms with Gasteiger partial charge in [-0.1, -0.05) is 11.6 Å². The van der Waals surface area contributed by atoms with E-state index in [0.717, 1.165) is 12.1 Å². The van der Waals surface area contributed by atoms with Gasteiger partial charge in [-0.2, -0.15) is 0 Å². The van der Waals surface area contributed by atoms with E-state index in [1.807, 2.05) is 0 Å². The van der Waals surface area contributed by atoms with Gasteiger partial charge in [0.1, 0.15) is 5.75 Å². The molecule has 110 valence electrons. The van der Waals surface area contributed by atoms with E-state index in [9.17, 15) is 13.6 Å². The van der Waals surface area contributed by atoms with Crippen molar-refractivity contribution in [2.24, 2.45) is 0 Å². The highest BCUT2D eigenvalue weighted by molar-refractivity contribution is 6.30. The number of ether oxygens (including phenoxy) is 1. The second-order valence-corrected chi connectivity index (χ2v) is 4.74. The van der Waals surface area contributed by atoms with Gasteiger partial charge in [-0.3, -0.25) is 0 Å². The Morgan fingerprint density at radius 3 is 2.38 bits per heavy atom. The number of halogens is 3. The molecule has 0 aliphatic rings. The van der Waals surface area contributed by atoms with Gasteiger partial charge in [-0.05, 0) is 36.4 Å². The zero-order chi connectivity index (χ0) is 15.6. The molecule has 0 saturated heterocycles. The lowest BCUT2D eigenvalue weighted by atomic mass is 10.1. The number of pyridine rings is 1. The monoisotopic (exact) mass is 313 g/mol. The third-order valence-corrected chi connectivity index (χ3v) is 2.83. The van der Waals surface area contributed by atoms with E-state index in [2.05, 4.69) is 4.98 Å². The first-order chi connectivity index (χ1) is 9.77. The molecule has 2 rings (SSSR count). The molecule has 0 amide bonds. The minimum atomic E-state index is -3.22. The highest BCUT2D eigenvalue weighted by Crippen LogP contribution is 2.35. The van der Waals surface area contributed by atoms with Crippen molar-refractivity contribution >= 4 is 17.6 Å². The van der Waals surface area contributed by atoms with Crippen molar-refractivity contribution in [2.45, 2.75) is 12.8 Å². The normalized spacial score (nSPS) is 11.2. The van der Waals surface area contributed by atoms with Crippen LogP contribution in [0.3, 0.4) is 0 Å². The molecule has 0 radical (unpaired) electrons. The molecule has 0 spiro atoms. The van der Waals surface area contributed by atoms with E-state index in [-0.39, 0.29) is 11.4 Å². The van der Waals surface area contributed by atoms with Gasteiger partial charge in [0, 0.05) is 11.9 Å². The summed E-state index contributed by atoms with van der Waals surface area (Å²) in [6, 6.07) is 7.96. The first kappa shape index (κ1) is 15.2. The van der Waals surface area contributed by atoms with Crippen molar-refractivity contribution in [2.75, 3.05) is 0 Å². The fourth-order valence-corrected chi connectivity index (χ4v) is 1.71. The van der Waals surface area contributed by atoms with Crippen LogP contribution >= 0.6 is 11.6 Å². The van der Waals surface area contributed by atoms with Gasteiger partial charge in [-0.15, -0.1) is 0 Å². The summed E-state index contributed by atoms with van der Waals surface area (Å²) in [5.74, 6) is -4.78. The lowest BCUT2D eigenvalue weighted by Crippen LogP contribution is -2.12. The summed E-state index contributed by atoms with van der Waals surface area (Å²) in [4.78, 5) is 14.5. The Morgan fingerprint density at radius 2 is 1.86 bits per heavy atom. The fraction of sp³-hybridized carbons (Fsp3) is 0.143. The highest BCUT2D eigenvalue weighted by atomic mass is 35.5. The Labute approximate surface area is 124 Å². The molecule has 21 heavy (non-hydrogen) atoms. The second kappa shape index (κ2) is 5.65. The molecule has 0 saturated carbocycles. The molecule has 2 aromatic rings. The molecule has 0 bridgehead atoms. The summed E-state index contributed by atoms with van der Waals surface area (Å²) in [5, 5.41) is 9.34. The molecule has 4 nitrogen and oxygen atoms in total. The van der Waals surface area contributed by atoms with Gasteiger partial charge in [0.2, 0.25) is 5.88 Å². The topological polar surface area (TPSA) is 59.4 Å². The molecule has 1 aromatic carbocycles.